The smallest absolute Gasteiger partial charge is 0.236 e. The number of fused-ring (bicyclic) bond motifs is 1. The summed E-state index contributed by atoms with van der Waals surface area (Å²) in [5.74, 6) is 0.139. The van der Waals surface area contributed by atoms with Gasteiger partial charge in [-0.15, -0.1) is 0 Å². The summed E-state index contributed by atoms with van der Waals surface area (Å²) in [6.07, 6.45) is 2.08. The minimum Gasteiger partial charge on any atom is -0.378 e. The van der Waals surface area contributed by atoms with Gasteiger partial charge in [-0.05, 0) is 36.2 Å². The van der Waals surface area contributed by atoms with Gasteiger partial charge in [0, 0.05) is 56.4 Å². The molecule has 0 saturated carbocycles. The summed E-state index contributed by atoms with van der Waals surface area (Å²) in [4.78, 5) is 17.4. The summed E-state index contributed by atoms with van der Waals surface area (Å²) in [5.41, 5.74) is 4.76. The van der Waals surface area contributed by atoms with E-state index >= 15 is 0 Å². The largest absolute Gasteiger partial charge is 0.378 e. The Morgan fingerprint density at radius 1 is 1.11 bits per heavy atom. The molecule has 0 spiro atoms. The van der Waals surface area contributed by atoms with Crippen molar-refractivity contribution in [2.45, 2.75) is 18.9 Å². The van der Waals surface area contributed by atoms with Crippen molar-refractivity contribution in [1.82, 2.24) is 15.6 Å². The molecule has 0 aliphatic carbocycles. The number of benzene rings is 2. The number of rotatable bonds is 7. The monoisotopic (exact) mass is 364 g/mol. The van der Waals surface area contributed by atoms with Gasteiger partial charge < -0.3 is 20.5 Å². The van der Waals surface area contributed by atoms with Gasteiger partial charge in [0.2, 0.25) is 5.91 Å². The van der Waals surface area contributed by atoms with E-state index in [0.29, 0.717) is 6.54 Å². The first-order chi connectivity index (χ1) is 13.0. The zero-order valence-corrected chi connectivity index (χ0v) is 16.4. The van der Waals surface area contributed by atoms with Crippen LogP contribution in [0.1, 0.15) is 24.0 Å². The predicted octanol–water partition coefficient (Wildman–Crippen LogP) is 3.09. The Labute approximate surface area is 160 Å². The van der Waals surface area contributed by atoms with Crippen LogP contribution in [0.2, 0.25) is 0 Å². The second kappa shape index (κ2) is 8.27. The molecule has 0 saturated heterocycles. The van der Waals surface area contributed by atoms with Crippen LogP contribution in [0, 0.1) is 0 Å². The van der Waals surface area contributed by atoms with Crippen molar-refractivity contribution < 1.29 is 4.79 Å². The number of nitrogens with one attached hydrogen (secondary N) is 3. The lowest BCUT2D eigenvalue weighted by Gasteiger charge is -2.22. The fourth-order valence-corrected chi connectivity index (χ4v) is 3.40. The molecule has 1 amide bonds. The van der Waals surface area contributed by atoms with Crippen molar-refractivity contribution in [3.63, 3.8) is 0 Å². The number of likely N-dealkylation sites (N-methyl/N-ethyl adjacent to an activating group) is 1. The molecule has 1 aromatic heterocycles. The van der Waals surface area contributed by atoms with E-state index in [0.717, 1.165) is 5.52 Å². The number of aromatic nitrogens is 1. The molecule has 0 radical (unpaired) electrons. The minimum atomic E-state index is -0.247. The molecule has 3 N–H and O–H groups in total. The number of aromatic amines is 1. The molecular weight excluding hydrogens is 336 g/mol. The molecule has 142 valence electrons. The summed E-state index contributed by atoms with van der Waals surface area (Å²) >= 11 is 0. The van der Waals surface area contributed by atoms with Crippen molar-refractivity contribution in [1.29, 1.82) is 0 Å². The molecule has 27 heavy (non-hydrogen) atoms. The first-order valence-electron chi connectivity index (χ1n) is 9.29. The Bertz CT molecular complexity index is 898. The van der Waals surface area contributed by atoms with Crippen LogP contribution in [0.15, 0.2) is 54.7 Å². The molecule has 3 rings (SSSR count). The molecular formula is C22H28N4O. The third kappa shape index (κ3) is 4.14. The molecule has 3 aromatic rings. The highest BCUT2D eigenvalue weighted by Crippen LogP contribution is 2.31. The highest BCUT2D eigenvalue weighted by Gasteiger charge is 2.20. The van der Waals surface area contributed by atoms with Crippen molar-refractivity contribution >= 4 is 22.5 Å². The number of para-hydroxylation sites is 1. The van der Waals surface area contributed by atoms with Gasteiger partial charge in [0.15, 0.2) is 0 Å². The van der Waals surface area contributed by atoms with E-state index in [1.165, 1.54) is 22.2 Å². The fourth-order valence-electron chi connectivity index (χ4n) is 3.40. The van der Waals surface area contributed by atoms with Gasteiger partial charge in [0.25, 0.3) is 0 Å². The molecule has 0 unspecified atom stereocenters. The summed E-state index contributed by atoms with van der Waals surface area (Å²) in [6.45, 7) is 2.57. The predicted molar refractivity (Wildman–Crippen MR) is 112 cm³/mol. The maximum atomic E-state index is 11.9. The molecule has 5 heteroatoms. The van der Waals surface area contributed by atoms with Crippen molar-refractivity contribution in [3.05, 3.63) is 65.9 Å². The first kappa shape index (κ1) is 19.0. The van der Waals surface area contributed by atoms with E-state index in [4.69, 9.17) is 0 Å². The van der Waals surface area contributed by atoms with E-state index in [2.05, 4.69) is 69.2 Å². The highest BCUT2D eigenvalue weighted by atomic mass is 16.2. The lowest BCUT2D eigenvalue weighted by molar-refractivity contribution is -0.122. The van der Waals surface area contributed by atoms with Crippen LogP contribution in [-0.2, 0) is 4.79 Å². The third-order valence-corrected chi connectivity index (χ3v) is 5.08. The number of nitrogens with zero attached hydrogens (tertiary/aromatic N) is 1. The van der Waals surface area contributed by atoms with Crippen LogP contribution in [0.4, 0.5) is 5.69 Å². The number of anilines is 1. The highest BCUT2D eigenvalue weighted by molar-refractivity contribution is 5.84. The van der Waals surface area contributed by atoms with Crippen LogP contribution >= 0.6 is 0 Å². The number of amides is 1. The molecule has 5 nitrogen and oxygen atoms in total. The summed E-state index contributed by atoms with van der Waals surface area (Å²) in [6, 6.07) is 16.7. The van der Waals surface area contributed by atoms with Gasteiger partial charge in [-0.3, -0.25) is 4.79 Å². The number of hydrogen-bond acceptors (Lipinski definition) is 3. The van der Waals surface area contributed by atoms with Crippen molar-refractivity contribution in [2.24, 2.45) is 0 Å². The normalized spacial score (nSPS) is 13.3. The fraction of sp³-hybridized carbons (Fsp3) is 0.318. The van der Waals surface area contributed by atoms with Gasteiger partial charge in [0.1, 0.15) is 0 Å². The number of H-pyrrole nitrogens is 1. The third-order valence-electron chi connectivity index (χ3n) is 5.08. The quantitative estimate of drug-likeness (QED) is 0.604. The molecule has 2 atom stereocenters. The molecule has 0 fully saturated rings. The van der Waals surface area contributed by atoms with Crippen molar-refractivity contribution in [3.8, 4) is 0 Å². The maximum absolute atomic E-state index is 11.9. The van der Waals surface area contributed by atoms with Gasteiger partial charge in [-0.1, -0.05) is 30.3 Å². The van der Waals surface area contributed by atoms with E-state index in [-0.39, 0.29) is 17.9 Å². The first-order valence-corrected chi connectivity index (χ1v) is 9.29. The average Bonchev–Trinajstić information content (AvgIpc) is 3.11. The van der Waals surface area contributed by atoms with Gasteiger partial charge in [-0.25, -0.2) is 0 Å². The Balaban J connectivity index is 1.94. The Hall–Kier alpha value is -2.79. The standard InChI is InChI=1S/C22H28N4O/c1-15(22(27)23-2)24-13-19(16-9-11-17(12-10-16)26(3)4)20-14-25-21-8-6-5-7-18(20)21/h5-12,14-15,19,24-25H,13H2,1-4H3,(H,23,27)/t15-,19+/m1/s1. The van der Waals surface area contributed by atoms with Crippen molar-refractivity contribution in [2.75, 3.05) is 32.6 Å². The summed E-state index contributed by atoms with van der Waals surface area (Å²) < 4.78 is 0. The molecule has 0 aliphatic heterocycles. The van der Waals surface area contributed by atoms with E-state index in [9.17, 15) is 4.79 Å². The van der Waals surface area contributed by atoms with Crippen LogP contribution in [0.5, 0.6) is 0 Å². The molecule has 1 heterocycles. The molecule has 0 aliphatic rings. The Kier molecular flexibility index (Phi) is 5.81. The van der Waals surface area contributed by atoms with Crippen LogP contribution in [0.3, 0.4) is 0 Å². The second-order valence-electron chi connectivity index (χ2n) is 7.07. The van der Waals surface area contributed by atoms with Crippen LogP contribution < -0.4 is 15.5 Å². The van der Waals surface area contributed by atoms with E-state index in [1.54, 1.807) is 7.05 Å². The van der Waals surface area contributed by atoms with Gasteiger partial charge >= 0.3 is 0 Å². The zero-order chi connectivity index (χ0) is 19.4. The Morgan fingerprint density at radius 3 is 2.48 bits per heavy atom. The van der Waals surface area contributed by atoms with E-state index in [1.807, 2.05) is 27.1 Å². The zero-order valence-electron chi connectivity index (χ0n) is 16.4. The lowest BCUT2D eigenvalue weighted by atomic mass is 9.90. The second-order valence-corrected chi connectivity index (χ2v) is 7.07. The minimum absolute atomic E-state index is 0.00404. The molecule has 0 bridgehead atoms. The summed E-state index contributed by atoms with van der Waals surface area (Å²) in [7, 11) is 5.75. The van der Waals surface area contributed by atoms with Gasteiger partial charge in [0.05, 0.1) is 6.04 Å². The average molecular weight is 364 g/mol. The van der Waals surface area contributed by atoms with E-state index < -0.39 is 0 Å². The number of carbonyl (C=O) groups excluding carboxylic acids is 1. The SMILES string of the molecule is CNC(=O)[C@@H](C)NC[C@@H](c1ccc(N(C)C)cc1)c1c[nH]c2ccccc12. The maximum Gasteiger partial charge on any atom is 0.236 e. The lowest BCUT2D eigenvalue weighted by Crippen LogP contribution is -2.42. The van der Waals surface area contributed by atoms with Gasteiger partial charge in [-0.2, -0.15) is 0 Å². The van der Waals surface area contributed by atoms with Crippen LogP contribution in [-0.4, -0.2) is 44.6 Å². The number of hydrogen-bond donors (Lipinski definition) is 3. The Morgan fingerprint density at radius 2 is 1.81 bits per heavy atom. The topological polar surface area (TPSA) is 60.2 Å². The summed E-state index contributed by atoms with van der Waals surface area (Å²) in [5, 5.41) is 7.30. The number of carbonyl (C=O) groups is 1. The molecule has 2 aromatic carbocycles. The van der Waals surface area contributed by atoms with Crippen LogP contribution in [0.25, 0.3) is 10.9 Å².